The Morgan fingerprint density at radius 3 is 2.67 bits per heavy atom. The van der Waals surface area contributed by atoms with E-state index >= 15 is 0 Å². The second-order valence-corrected chi connectivity index (χ2v) is 4.16. The van der Waals surface area contributed by atoms with Gasteiger partial charge < -0.3 is 9.52 Å². The van der Waals surface area contributed by atoms with E-state index in [1.54, 1.807) is 6.07 Å². The second-order valence-electron chi connectivity index (χ2n) is 4.16. The first kappa shape index (κ1) is 11.8. The zero-order valence-electron chi connectivity index (χ0n) is 9.36. The third-order valence-corrected chi connectivity index (χ3v) is 1.98. The smallest absolute Gasteiger partial charge is 0.371 e. The molecule has 0 aliphatic rings. The Morgan fingerprint density at radius 1 is 1.53 bits per heavy atom. The molecule has 0 fully saturated rings. The largest absolute Gasteiger partial charge is 0.475 e. The number of carboxylic acids is 1. The summed E-state index contributed by atoms with van der Waals surface area (Å²) in [6.07, 6.45) is 0. The lowest BCUT2D eigenvalue weighted by Crippen LogP contribution is -2.22. The summed E-state index contributed by atoms with van der Waals surface area (Å²) in [5.41, 5.74) is 0. The fourth-order valence-corrected chi connectivity index (χ4v) is 1.53. The van der Waals surface area contributed by atoms with Crippen molar-refractivity contribution in [3.05, 3.63) is 23.7 Å². The molecule has 84 valence electrons. The summed E-state index contributed by atoms with van der Waals surface area (Å²) in [4.78, 5) is 12.7. The normalized spacial score (nSPS) is 11.3. The standard InChI is InChI=1S/C11H17NO3/c1-8(2)6-12(3)7-9-4-5-10(15-9)11(13)14/h4-5,8H,6-7H2,1-3H3,(H,13,14). The molecule has 4 heteroatoms. The van der Waals surface area contributed by atoms with Crippen LogP contribution in [0.2, 0.25) is 0 Å². The molecule has 0 amide bonds. The van der Waals surface area contributed by atoms with E-state index < -0.39 is 5.97 Å². The Kier molecular flexibility index (Phi) is 3.91. The molecule has 1 N–H and O–H groups in total. The quantitative estimate of drug-likeness (QED) is 0.810. The summed E-state index contributed by atoms with van der Waals surface area (Å²) in [5, 5.41) is 8.67. The first-order chi connectivity index (χ1) is 6.99. The molecule has 0 unspecified atom stereocenters. The Balaban J connectivity index is 2.53. The van der Waals surface area contributed by atoms with E-state index in [1.165, 1.54) is 6.07 Å². The van der Waals surface area contributed by atoms with Crippen LogP contribution >= 0.6 is 0 Å². The maximum absolute atomic E-state index is 10.6. The van der Waals surface area contributed by atoms with Crippen LogP contribution in [0.3, 0.4) is 0 Å². The van der Waals surface area contributed by atoms with Gasteiger partial charge in [-0.3, -0.25) is 4.90 Å². The highest BCUT2D eigenvalue weighted by Gasteiger charge is 2.10. The highest BCUT2D eigenvalue weighted by Crippen LogP contribution is 2.10. The van der Waals surface area contributed by atoms with Crippen LogP contribution in [-0.2, 0) is 6.54 Å². The highest BCUT2D eigenvalue weighted by atomic mass is 16.4. The number of furan rings is 1. The van der Waals surface area contributed by atoms with Gasteiger partial charge in [-0.05, 0) is 25.1 Å². The van der Waals surface area contributed by atoms with Crippen molar-refractivity contribution < 1.29 is 14.3 Å². The number of hydrogen-bond donors (Lipinski definition) is 1. The molecule has 0 bridgehead atoms. The first-order valence-corrected chi connectivity index (χ1v) is 4.99. The van der Waals surface area contributed by atoms with E-state index in [-0.39, 0.29) is 5.76 Å². The van der Waals surface area contributed by atoms with Gasteiger partial charge in [-0.2, -0.15) is 0 Å². The van der Waals surface area contributed by atoms with E-state index in [0.29, 0.717) is 18.2 Å². The number of carboxylic acid groups (broad SMARTS) is 1. The molecule has 0 atom stereocenters. The van der Waals surface area contributed by atoms with E-state index in [1.807, 2.05) is 7.05 Å². The van der Waals surface area contributed by atoms with E-state index in [4.69, 9.17) is 9.52 Å². The van der Waals surface area contributed by atoms with Crippen molar-refractivity contribution in [1.29, 1.82) is 0 Å². The van der Waals surface area contributed by atoms with Crippen LogP contribution in [0.1, 0.15) is 30.2 Å². The minimum atomic E-state index is -1.02. The Labute approximate surface area is 89.5 Å². The molecule has 1 aromatic heterocycles. The summed E-state index contributed by atoms with van der Waals surface area (Å²) in [7, 11) is 1.99. The summed E-state index contributed by atoms with van der Waals surface area (Å²) in [5.74, 6) is 0.259. The van der Waals surface area contributed by atoms with Gasteiger partial charge in [-0.1, -0.05) is 13.8 Å². The van der Waals surface area contributed by atoms with E-state index in [0.717, 1.165) is 6.54 Å². The molecule has 0 aliphatic heterocycles. The van der Waals surface area contributed by atoms with Crippen LogP contribution in [0.5, 0.6) is 0 Å². The summed E-state index contributed by atoms with van der Waals surface area (Å²) < 4.78 is 5.16. The van der Waals surface area contributed by atoms with Crippen LogP contribution in [-0.4, -0.2) is 29.6 Å². The minimum absolute atomic E-state index is 0.00273. The Hall–Kier alpha value is -1.29. The SMILES string of the molecule is CC(C)CN(C)Cc1ccc(C(=O)O)o1. The Bertz CT molecular complexity index is 330. The molecule has 1 rings (SSSR count). The number of rotatable bonds is 5. The van der Waals surface area contributed by atoms with Crippen LogP contribution in [0.4, 0.5) is 0 Å². The third kappa shape index (κ3) is 3.75. The number of nitrogens with zero attached hydrogens (tertiary/aromatic N) is 1. The zero-order valence-corrected chi connectivity index (χ0v) is 9.36. The van der Waals surface area contributed by atoms with Gasteiger partial charge in [0.25, 0.3) is 0 Å². The van der Waals surface area contributed by atoms with Crippen molar-refractivity contribution in [2.24, 2.45) is 5.92 Å². The van der Waals surface area contributed by atoms with Crippen LogP contribution in [0.15, 0.2) is 16.5 Å². The number of hydrogen-bond acceptors (Lipinski definition) is 3. The fraction of sp³-hybridized carbons (Fsp3) is 0.545. The molecule has 0 aliphatic carbocycles. The van der Waals surface area contributed by atoms with Gasteiger partial charge in [0.15, 0.2) is 0 Å². The summed E-state index contributed by atoms with van der Waals surface area (Å²) in [6.45, 7) is 5.89. The van der Waals surface area contributed by atoms with Crippen molar-refractivity contribution in [3.8, 4) is 0 Å². The van der Waals surface area contributed by atoms with Gasteiger partial charge in [0.05, 0.1) is 6.54 Å². The fourth-order valence-electron chi connectivity index (χ4n) is 1.53. The van der Waals surface area contributed by atoms with E-state index in [9.17, 15) is 4.79 Å². The number of aromatic carboxylic acids is 1. The maximum Gasteiger partial charge on any atom is 0.371 e. The lowest BCUT2D eigenvalue weighted by molar-refractivity contribution is 0.0658. The van der Waals surface area contributed by atoms with Gasteiger partial charge in [0.2, 0.25) is 5.76 Å². The van der Waals surface area contributed by atoms with Gasteiger partial charge in [-0.25, -0.2) is 4.79 Å². The molecule has 0 saturated carbocycles. The van der Waals surface area contributed by atoms with Gasteiger partial charge in [0.1, 0.15) is 5.76 Å². The van der Waals surface area contributed by atoms with Crippen molar-refractivity contribution in [3.63, 3.8) is 0 Å². The maximum atomic E-state index is 10.6. The summed E-state index contributed by atoms with van der Waals surface area (Å²) >= 11 is 0. The molecule has 15 heavy (non-hydrogen) atoms. The lowest BCUT2D eigenvalue weighted by atomic mass is 10.2. The topological polar surface area (TPSA) is 53.7 Å². The average Bonchev–Trinajstić information content (AvgIpc) is 2.50. The third-order valence-electron chi connectivity index (χ3n) is 1.98. The van der Waals surface area contributed by atoms with Crippen molar-refractivity contribution in [2.75, 3.05) is 13.6 Å². The molecule has 0 saturated heterocycles. The number of carbonyl (C=O) groups is 1. The first-order valence-electron chi connectivity index (χ1n) is 4.99. The van der Waals surface area contributed by atoms with Gasteiger partial charge >= 0.3 is 5.97 Å². The van der Waals surface area contributed by atoms with Crippen molar-refractivity contribution in [2.45, 2.75) is 20.4 Å². The monoisotopic (exact) mass is 211 g/mol. The van der Waals surface area contributed by atoms with Crippen LogP contribution < -0.4 is 0 Å². The van der Waals surface area contributed by atoms with Crippen LogP contribution in [0, 0.1) is 5.92 Å². The van der Waals surface area contributed by atoms with Crippen molar-refractivity contribution >= 4 is 5.97 Å². The predicted octanol–water partition coefficient (Wildman–Crippen LogP) is 2.07. The molecule has 0 spiro atoms. The minimum Gasteiger partial charge on any atom is -0.475 e. The molecular weight excluding hydrogens is 194 g/mol. The molecule has 0 aromatic carbocycles. The second kappa shape index (κ2) is 4.98. The zero-order chi connectivity index (χ0) is 11.4. The van der Waals surface area contributed by atoms with Gasteiger partial charge in [-0.15, -0.1) is 0 Å². The highest BCUT2D eigenvalue weighted by molar-refractivity contribution is 5.84. The average molecular weight is 211 g/mol. The van der Waals surface area contributed by atoms with Gasteiger partial charge in [0, 0.05) is 6.54 Å². The Morgan fingerprint density at radius 2 is 2.20 bits per heavy atom. The molecule has 0 radical (unpaired) electrons. The molecule has 1 aromatic rings. The van der Waals surface area contributed by atoms with Crippen LogP contribution in [0.25, 0.3) is 0 Å². The van der Waals surface area contributed by atoms with Crippen molar-refractivity contribution in [1.82, 2.24) is 4.90 Å². The predicted molar refractivity (Wildman–Crippen MR) is 56.8 cm³/mol. The lowest BCUT2D eigenvalue weighted by Gasteiger charge is -2.17. The van der Waals surface area contributed by atoms with E-state index in [2.05, 4.69) is 18.7 Å². The molecular formula is C11H17NO3. The molecule has 1 heterocycles. The summed E-state index contributed by atoms with van der Waals surface area (Å²) in [6, 6.07) is 3.20. The molecule has 4 nitrogen and oxygen atoms in total.